The number of rotatable bonds is 0. The molecule has 3 aliphatic carbocycles. The van der Waals surface area contributed by atoms with Gasteiger partial charge in [-0.05, 0) is 55.8 Å². The Morgan fingerprint density at radius 3 is 1.62 bits per heavy atom. The van der Waals surface area contributed by atoms with E-state index in [2.05, 4.69) is 13.2 Å². The molecule has 0 nitrogen and oxygen atoms in total. The molecular formula is C13H22. The van der Waals surface area contributed by atoms with Crippen LogP contribution in [0.2, 0.25) is 0 Å². The van der Waals surface area contributed by atoms with Gasteiger partial charge in [-0.25, -0.2) is 0 Å². The molecule has 0 heteroatoms. The highest BCUT2D eigenvalue weighted by Gasteiger charge is 2.47. The van der Waals surface area contributed by atoms with E-state index in [1.807, 2.05) is 0 Å². The summed E-state index contributed by atoms with van der Waals surface area (Å²) in [5, 5.41) is 0. The van der Waals surface area contributed by atoms with Crippen LogP contribution >= 0.6 is 0 Å². The second kappa shape index (κ2) is 3.86. The van der Waals surface area contributed by atoms with E-state index in [0.717, 1.165) is 0 Å². The van der Waals surface area contributed by atoms with Crippen molar-refractivity contribution in [3.05, 3.63) is 13.2 Å². The Morgan fingerprint density at radius 2 is 1.15 bits per heavy atom. The van der Waals surface area contributed by atoms with E-state index in [0.29, 0.717) is 0 Å². The first kappa shape index (κ1) is 9.30. The van der Waals surface area contributed by atoms with E-state index in [9.17, 15) is 0 Å². The third kappa shape index (κ3) is 1.45. The molecule has 0 N–H and O–H groups in total. The molecule has 0 heterocycles. The smallest absolute Gasteiger partial charge is 0.0355 e. The van der Waals surface area contributed by atoms with Crippen LogP contribution in [0.1, 0.15) is 44.9 Å². The van der Waals surface area contributed by atoms with Crippen molar-refractivity contribution < 1.29 is 0 Å². The Kier molecular flexibility index (Phi) is 2.76. The molecule has 0 spiro atoms. The molecule has 0 amide bonds. The molecule has 0 radical (unpaired) electrons. The lowest BCUT2D eigenvalue weighted by molar-refractivity contribution is 0.158. The largest absolute Gasteiger partial charge is 0.106 e. The zero-order valence-corrected chi connectivity index (χ0v) is 8.67. The van der Waals surface area contributed by atoms with Gasteiger partial charge in [0, 0.05) is 0 Å². The minimum Gasteiger partial charge on any atom is -0.106 e. The Bertz CT molecular complexity index is 155. The van der Waals surface area contributed by atoms with E-state index in [-0.39, 0.29) is 0 Å². The van der Waals surface area contributed by atoms with Gasteiger partial charge in [0.25, 0.3) is 0 Å². The molecule has 0 aromatic heterocycles. The van der Waals surface area contributed by atoms with Gasteiger partial charge in [-0.15, -0.1) is 13.2 Å². The molecule has 3 aliphatic rings. The van der Waals surface area contributed by atoms with Crippen molar-refractivity contribution in [1.82, 2.24) is 0 Å². The van der Waals surface area contributed by atoms with Crippen molar-refractivity contribution in [1.29, 1.82) is 0 Å². The standard InChI is InChI=1S/C11H18.C2H4/c1-2-4-11-9-6-5-8(7-9)10(11)3-1;1-2/h8-11H,1-7H2;1-2H2. The molecule has 74 valence electrons. The fourth-order valence-electron chi connectivity index (χ4n) is 4.19. The van der Waals surface area contributed by atoms with Gasteiger partial charge in [-0.3, -0.25) is 0 Å². The second-order valence-corrected chi connectivity index (χ2v) is 4.95. The summed E-state index contributed by atoms with van der Waals surface area (Å²) in [4.78, 5) is 0. The Hall–Kier alpha value is -0.260. The first-order valence-corrected chi connectivity index (χ1v) is 5.95. The van der Waals surface area contributed by atoms with Gasteiger partial charge in [0.15, 0.2) is 0 Å². The zero-order valence-electron chi connectivity index (χ0n) is 8.67. The van der Waals surface area contributed by atoms with Crippen LogP contribution < -0.4 is 0 Å². The minimum absolute atomic E-state index is 1.19. The summed E-state index contributed by atoms with van der Waals surface area (Å²) < 4.78 is 0. The zero-order chi connectivity index (χ0) is 9.26. The maximum absolute atomic E-state index is 3.00. The van der Waals surface area contributed by atoms with E-state index < -0.39 is 0 Å². The van der Waals surface area contributed by atoms with Crippen LogP contribution in [-0.4, -0.2) is 0 Å². The predicted molar refractivity (Wildman–Crippen MR) is 57.5 cm³/mol. The van der Waals surface area contributed by atoms with Gasteiger partial charge in [0.1, 0.15) is 0 Å². The highest BCUT2D eigenvalue weighted by Crippen LogP contribution is 2.57. The van der Waals surface area contributed by atoms with Crippen LogP contribution in [0.3, 0.4) is 0 Å². The summed E-state index contributed by atoms with van der Waals surface area (Å²) in [7, 11) is 0. The first-order chi connectivity index (χ1) is 6.45. The monoisotopic (exact) mass is 178 g/mol. The van der Waals surface area contributed by atoms with Crippen molar-refractivity contribution in [2.75, 3.05) is 0 Å². The maximum atomic E-state index is 3.00. The average molecular weight is 178 g/mol. The van der Waals surface area contributed by atoms with E-state index >= 15 is 0 Å². The van der Waals surface area contributed by atoms with Crippen molar-refractivity contribution in [2.45, 2.75) is 44.9 Å². The Morgan fingerprint density at radius 1 is 0.692 bits per heavy atom. The van der Waals surface area contributed by atoms with Gasteiger partial charge in [0.2, 0.25) is 0 Å². The molecule has 4 unspecified atom stereocenters. The first-order valence-electron chi connectivity index (χ1n) is 5.95. The number of hydrogen-bond donors (Lipinski definition) is 0. The van der Waals surface area contributed by atoms with Crippen molar-refractivity contribution in [3.8, 4) is 0 Å². The summed E-state index contributed by atoms with van der Waals surface area (Å²) >= 11 is 0. The number of fused-ring (bicyclic) bond motifs is 5. The summed E-state index contributed by atoms with van der Waals surface area (Å²) in [6.45, 7) is 6.00. The molecule has 3 fully saturated rings. The fraction of sp³-hybridized carbons (Fsp3) is 0.846. The molecule has 2 bridgehead atoms. The number of hydrogen-bond acceptors (Lipinski definition) is 0. The second-order valence-electron chi connectivity index (χ2n) is 4.95. The normalized spacial score (nSPS) is 46.5. The summed E-state index contributed by atoms with van der Waals surface area (Å²) in [6, 6.07) is 0. The third-order valence-corrected chi connectivity index (χ3v) is 4.60. The van der Waals surface area contributed by atoms with Crippen molar-refractivity contribution in [2.24, 2.45) is 23.7 Å². The molecule has 3 rings (SSSR count). The Labute approximate surface area is 82.4 Å². The highest BCUT2D eigenvalue weighted by atomic mass is 14.5. The lowest BCUT2D eigenvalue weighted by atomic mass is 9.71. The molecule has 0 aromatic carbocycles. The van der Waals surface area contributed by atoms with E-state index in [1.54, 1.807) is 44.9 Å². The molecule has 4 atom stereocenters. The molecule has 0 aromatic rings. The average Bonchev–Trinajstić information content (AvgIpc) is 2.82. The SMILES string of the molecule is C1CCC2C3CCC(C3)C2C1.C=C. The topological polar surface area (TPSA) is 0 Å². The summed E-state index contributed by atoms with van der Waals surface area (Å²) in [6.07, 6.45) is 11.1. The third-order valence-electron chi connectivity index (χ3n) is 4.60. The lowest BCUT2D eigenvalue weighted by Gasteiger charge is -2.34. The summed E-state index contributed by atoms with van der Waals surface area (Å²) in [5.74, 6) is 4.76. The molecule has 3 saturated carbocycles. The van der Waals surface area contributed by atoms with Gasteiger partial charge >= 0.3 is 0 Å². The lowest BCUT2D eigenvalue weighted by Crippen LogP contribution is -2.25. The van der Waals surface area contributed by atoms with Crippen LogP contribution in [0.4, 0.5) is 0 Å². The molecular weight excluding hydrogens is 156 g/mol. The Balaban J connectivity index is 0.000000308. The van der Waals surface area contributed by atoms with Crippen LogP contribution in [0.5, 0.6) is 0 Å². The van der Waals surface area contributed by atoms with Crippen molar-refractivity contribution in [3.63, 3.8) is 0 Å². The quantitative estimate of drug-likeness (QED) is 0.491. The van der Waals surface area contributed by atoms with Gasteiger partial charge < -0.3 is 0 Å². The minimum atomic E-state index is 1.19. The van der Waals surface area contributed by atoms with E-state index in [4.69, 9.17) is 0 Å². The van der Waals surface area contributed by atoms with Gasteiger partial charge in [-0.1, -0.05) is 12.8 Å². The van der Waals surface area contributed by atoms with Crippen molar-refractivity contribution >= 4 is 0 Å². The maximum Gasteiger partial charge on any atom is -0.0355 e. The summed E-state index contributed by atoms with van der Waals surface area (Å²) in [5.41, 5.74) is 0. The van der Waals surface area contributed by atoms with Gasteiger partial charge in [0.05, 0.1) is 0 Å². The fourth-order valence-corrected chi connectivity index (χ4v) is 4.19. The van der Waals surface area contributed by atoms with Crippen LogP contribution in [0.15, 0.2) is 13.2 Å². The van der Waals surface area contributed by atoms with Crippen LogP contribution in [0, 0.1) is 23.7 Å². The van der Waals surface area contributed by atoms with Crippen LogP contribution in [-0.2, 0) is 0 Å². The van der Waals surface area contributed by atoms with Gasteiger partial charge in [-0.2, -0.15) is 0 Å². The van der Waals surface area contributed by atoms with Crippen LogP contribution in [0.25, 0.3) is 0 Å². The highest BCUT2D eigenvalue weighted by molar-refractivity contribution is 4.97. The van der Waals surface area contributed by atoms with E-state index in [1.165, 1.54) is 23.7 Å². The predicted octanol–water partition coefficient (Wildman–Crippen LogP) is 4.02. The molecule has 0 aliphatic heterocycles. The molecule has 0 saturated heterocycles. The molecule has 13 heavy (non-hydrogen) atoms.